The summed E-state index contributed by atoms with van der Waals surface area (Å²) in [6.07, 6.45) is -4.54. The van der Waals surface area contributed by atoms with Crippen molar-refractivity contribution in [3.63, 3.8) is 0 Å². The molecule has 0 fully saturated rings. The maximum Gasteiger partial charge on any atom is 0.416 e. The Bertz CT molecular complexity index is 1050. The molecule has 0 spiro atoms. The maximum atomic E-state index is 13.1. The average molecular weight is 414 g/mol. The molecule has 0 aliphatic carbocycles. The normalized spacial score (nSPS) is 11.4. The lowest BCUT2D eigenvalue weighted by atomic mass is 10.1. The van der Waals surface area contributed by atoms with Crippen molar-refractivity contribution in [3.05, 3.63) is 58.0 Å². The number of amides is 1. The second kappa shape index (κ2) is 7.76. The van der Waals surface area contributed by atoms with Crippen molar-refractivity contribution in [2.75, 3.05) is 5.32 Å². The molecule has 10 heteroatoms. The summed E-state index contributed by atoms with van der Waals surface area (Å²) >= 11 is 0. The van der Waals surface area contributed by atoms with Crippen LogP contribution >= 0.6 is 12.4 Å². The number of hydrogen-bond acceptors (Lipinski definition) is 4. The van der Waals surface area contributed by atoms with Gasteiger partial charge in [0.15, 0.2) is 5.65 Å². The smallest absolute Gasteiger partial charge is 0.326 e. The molecule has 0 saturated heterocycles. The summed E-state index contributed by atoms with van der Waals surface area (Å²) in [4.78, 5) is 17.1. The lowest BCUT2D eigenvalue weighted by Gasteiger charge is -2.12. The minimum Gasteiger partial charge on any atom is -0.326 e. The number of rotatable bonds is 3. The van der Waals surface area contributed by atoms with Gasteiger partial charge in [-0.3, -0.25) is 4.79 Å². The zero-order valence-electron chi connectivity index (χ0n) is 15.4. The van der Waals surface area contributed by atoms with Crippen molar-refractivity contribution in [3.8, 4) is 0 Å². The number of anilines is 1. The summed E-state index contributed by atoms with van der Waals surface area (Å²) in [7, 11) is 0. The molecule has 0 saturated carbocycles. The second-order valence-electron chi connectivity index (χ2n) is 6.31. The van der Waals surface area contributed by atoms with Crippen LogP contribution in [0.2, 0.25) is 0 Å². The average Bonchev–Trinajstić information content (AvgIpc) is 2.90. The zero-order valence-corrected chi connectivity index (χ0v) is 16.2. The Morgan fingerprint density at radius 2 is 1.86 bits per heavy atom. The van der Waals surface area contributed by atoms with E-state index in [1.165, 1.54) is 10.6 Å². The van der Waals surface area contributed by atoms with Crippen LogP contribution < -0.4 is 11.1 Å². The molecule has 6 nitrogen and oxygen atoms in total. The molecule has 3 rings (SSSR count). The van der Waals surface area contributed by atoms with Gasteiger partial charge in [-0.1, -0.05) is 0 Å². The fourth-order valence-electron chi connectivity index (χ4n) is 2.93. The van der Waals surface area contributed by atoms with Gasteiger partial charge in [0, 0.05) is 23.6 Å². The summed E-state index contributed by atoms with van der Waals surface area (Å²) < 4.78 is 40.8. The molecule has 0 atom stereocenters. The summed E-state index contributed by atoms with van der Waals surface area (Å²) in [5.41, 5.74) is 7.39. The molecule has 1 aromatic carbocycles. The molecule has 2 aromatic heterocycles. The first kappa shape index (κ1) is 21.6. The third-order valence-corrected chi connectivity index (χ3v) is 4.11. The lowest BCUT2D eigenvalue weighted by molar-refractivity contribution is -0.137. The van der Waals surface area contributed by atoms with Crippen molar-refractivity contribution < 1.29 is 18.0 Å². The van der Waals surface area contributed by atoms with Gasteiger partial charge in [0.25, 0.3) is 5.91 Å². The van der Waals surface area contributed by atoms with Crippen molar-refractivity contribution >= 4 is 29.6 Å². The van der Waals surface area contributed by atoms with Gasteiger partial charge in [0.2, 0.25) is 0 Å². The van der Waals surface area contributed by atoms with Crippen LogP contribution in [0.3, 0.4) is 0 Å². The predicted octanol–water partition coefficient (Wildman–Crippen LogP) is 3.81. The first-order valence-electron chi connectivity index (χ1n) is 8.16. The van der Waals surface area contributed by atoms with E-state index in [0.29, 0.717) is 17.0 Å². The summed E-state index contributed by atoms with van der Waals surface area (Å²) in [5.74, 6) is -0.581. The van der Waals surface area contributed by atoms with Crippen LogP contribution in [-0.4, -0.2) is 20.5 Å². The van der Waals surface area contributed by atoms with E-state index in [4.69, 9.17) is 5.73 Å². The highest BCUT2D eigenvalue weighted by Crippen LogP contribution is 2.32. The van der Waals surface area contributed by atoms with E-state index in [1.807, 2.05) is 13.0 Å². The van der Waals surface area contributed by atoms with Crippen LogP contribution in [0.25, 0.3) is 5.65 Å². The Kier molecular flexibility index (Phi) is 6.00. The van der Waals surface area contributed by atoms with Gasteiger partial charge >= 0.3 is 6.18 Å². The van der Waals surface area contributed by atoms with Crippen LogP contribution in [0.1, 0.15) is 38.6 Å². The fourth-order valence-corrected chi connectivity index (χ4v) is 2.93. The Morgan fingerprint density at radius 3 is 2.46 bits per heavy atom. The number of nitrogens with one attached hydrogen (secondary N) is 1. The molecule has 0 aliphatic rings. The molecule has 0 radical (unpaired) electrons. The van der Waals surface area contributed by atoms with Crippen LogP contribution in [0.4, 0.5) is 18.9 Å². The van der Waals surface area contributed by atoms with Crippen molar-refractivity contribution in [1.29, 1.82) is 0 Å². The van der Waals surface area contributed by atoms with Crippen molar-refractivity contribution in [2.45, 2.75) is 33.5 Å². The standard InChI is InChI=1S/C18H18F3N5O.ClH/c1-9-4-10(2)26-16(23-9)15(11(3)25-26)17(27)24-14-6-12(8-22)5-13(7-14)18(19,20)21;/h4-7H,8,22H2,1-3H3,(H,24,27);1H. The second-order valence-corrected chi connectivity index (χ2v) is 6.31. The van der Waals surface area contributed by atoms with E-state index < -0.39 is 17.6 Å². The zero-order chi connectivity index (χ0) is 19.9. The van der Waals surface area contributed by atoms with E-state index in [1.54, 1.807) is 13.8 Å². The van der Waals surface area contributed by atoms with Gasteiger partial charge in [-0.05, 0) is 50.6 Å². The van der Waals surface area contributed by atoms with Crippen LogP contribution in [-0.2, 0) is 12.7 Å². The number of carbonyl (C=O) groups is 1. The highest BCUT2D eigenvalue weighted by atomic mass is 35.5. The molecule has 1 amide bonds. The summed E-state index contributed by atoms with van der Waals surface area (Å²) in [6, 6.07) is 5.08. The highest BCUT2D eigenvalue weighted by molar-refractivity contribution is 6.09. The molecule has 3 aromatic rings. The largest absolute Gasteiger partial charge is 0.416 e. The number of aromatic nitrogens is 3. The number of alkyl halides is 3. The van der Waals surface area contributed by atoms with Gasteiger partial charge in [-0.25, -0.2) is 9.50 Å². The molecule has 2 heterocycles. The summed E-state index contributed by atoms with van der Waals surface area (Å²) in [5, 5.41) is 6.82. The molecule has 0 unspecified atom stereocenters. The molecular formula is C18H19ClF3N5O. The highest BCUT2D eigenvalue weighted by Gasteiger charge is 2.31. The van der Waals surface area contributed by atoms with Crippen molar-refractivity contribution in [1.82, 2.24) is 14.6 Å². The van der Waals surface area contributed by atoms with E-state index in [9.17, 15) is 18.0 Å². The molecular weight excluding hydrogens is 395 g/mol. The quantitative estimate of drug-likeness (QED) is 0.683. The minimum absolute atomic E-state index is 0. The minimum atomic E-state index is -4.54. The molecule has 0 bridgehead atoms. The van der Waals surface area contributed by atoms with Gasteiger partial charge in [0.1, 0.15) is 5.56 Å². The first-order chi connectivity index (χ1) is 12.6. The van der Waals surface area contributed by atoms with Crippen LogP contribution in [0.5, 0.6) is 0 Å². The number of hydrogen-bond donors (Lipinski definition) is 2. The Balaban J connectivity index is 0.00000280. The van der Waals surface area contributed by atoms with Gasteiger partial charge in [0.05, 0.1) is 11.3 Å². The molecule has 28 heavy (non-hydrogen) atoms. The molecule has 0 aliphatic heterocycles. The SMILES string of the molecule is Cc1cc(C)n2nc(C)c(C(=O)Nc3cc(CN)cc(C(F)(F)F)c3)c2n1.Cl. The fraction of sp³-hybridized carbons (Fsp3) is 0.278. The molecule has 150 valence electrons. The number of carbonyl (C=O) groups excluding carboxylic acids is 1. The number of aryl methyl sites for hydroxylation is 3. The summed E-state index contributed by atoms with van der Waals surface area (Å²) in [6.45, 7) is 5.19. The third kappa shape index (κ3) is 4.10. The Morgan fingerprint density at radius 1 is 1.18 bits per heavy atom. The Hall–Kier alpha value is -2.65. The Labute approximate surface area is 165 Å². The number of fused-ring (bicyclic) bond motifs is 1. The van der Waals surface area contributed by atoms with E-state index in [-0.39, 0.29) is 35.8 Å². The topological polar surface area (TPSA) is 85.3 Å². The van der Waals surface area contributed by atoms with Gasteiger partial charge in [-0.2, -0.15) is 18.3 Å². The van der Waals surface area contributed by atoms with Crippen molar-refractivity contribution in [2.24, 2.45) is 5.73 Å². The maximum absolute atomic E-state index is 13.1. The number of nitrogens with zero attached hydrogens (tertiary/aromatic N) is 3. The van der Waals surface area contributed by atoms with E-state index in [2.05, 4.69) is 15.4 Å². The van der Waals surface area contributed by atoms with Gasteiger partial charge in [-0.15, -0.1) is 12.4 Å². The number of benzene rings is 1. The predicted molar refractivity (Wildman–Crippen MR) is 102 cm³/mol. The van der Waals surface area contributed by atoms with Gasteiger partial charge < -0.3 is 11.1 Å². The lowest BCUT2D eigenvalue weighted by Crippen LogP contribution is -2.15. The first-order valence-corrected chi connectivity index (χ1v) is 8.16. The number of halogens is 4. The monoisotopic (exact) mass is 413 g/mol. The third-order valence-electron chi connectivity index (χ3n) is 4.11. The van der Waals surface area contributed by atoms with E-state index in [0.717, 1.165) is 17.8 Å². The van der Waals surface area contributed by atoms with Crippen LogP contribution in [0, 0.1) is 20.8 Å². The number of nitrogens with two attached hydrogens (primary N) is 1. The van der Waals surface area contributed by atoms with E-state index >= 15 is 0 Å². The molecule has 3 N–H and O–H groups in total. The van der Waals surface area contributed by atoms with Crippen LogP contribution in [0.15, 0.2) is 24.3 Å².